The first kappa shape index (κ1) is 18.7. The van der Waals surface area contributed by atoms with Crippen LogP contribution < -0.4 is 20.5 Å². The molecule has 0 aliphatic carbocycles. The number of hydrogen-bond donors (Lipinski definition) is 2. The number of aryl methyl sites for hydroxylation is 1. The van der Waals surface area contributed by atoms with Crippen molar-refractivity contribution < 1.29 is 18.7 Å². The van der Waals surface area contributed by atoms with Crippen LogP contribution >= 0.6 is 22.6 Å². The minimum Gasteiger partial charge on any atom is -0.454 e. The summed E-state index contributed by atoms with van der Waals surface area (Å²) in [5.41, 5.74) is 7.36. The molecule has 0 bridgehead atoms. The molecule has 3 N–H and O–H groups in total. The van der Waals surface area contributed by atoms with Gasteiger partial charge in [0.05, 0.1) is 0 Å². The molecule has 0 saturated carbocycles. The number of fused-ring (bicyclic) bond motifs is 2. The number of hydrogen-bond acceptors (Lipinski definition) is 7. The van der Waals surface area contributed by atoms with E-state index in [9.17, 15) is 9.18 Å². The van der Waals surface area contributed by atoms with E-state index in [-0.39, 0.29) is 37.1 Å². The molecule has 1 aromatic carbocycles. The minimum absolute atomic E-state index is 0.0390. The molecule has 1 aliphatic rings. The molecule has 9 nitrogen and oxygen atoms in total. The van der Waals surface area contributed by atoms with Gasteiger partial charge >= 0.3 is 6.08 Å². The van der Waals surface area contributed by atoms with Crippen LogP contribution in [0, 0.1) is 9.65 Å². The van der Waals surface area contributed by atoms with Crippen molar-refractivity contribution >= 4 is 45.5 Å². The molecule has 11 heteroatoms. The van der Waals surface area contributed by atoms with E-state index in [1.807, 2.05) is 12.1 Å². The molecule has 0 fully saturated rings. The fourth-order valence-electron chi connectivity index (χ4n) is 3.01. The molecule has 0 radical (unpaired) electrons. The van der Waals surface area contributed by atoms with Gasteiger partial charge in [-0.1, -0.05) is 0 Å². The molecule has 146 valence electrons. The molecule has 4 rings (SSSR count). The van der Waals surface area contributed by atoms with Crippen LogP contribution in [0.25, 0.3) is 11.2 Å². The van der Waals surface area contributed by atoms with Crippen LogP contribution in [0.3, 0.4) is 0 Å². The summed E-state index contributed by atoms with van der Waals surface area (Å²) in [7, 11) is 1.56. The molecule has 3 heterocycles. The first-order valence-corrected chi connectivity index (χ1v) is 9.51. The number of nitrogens with zero attached hydrogens (tertiary/aromatic N) is 4. The van der Waals surface area contributed by atoms with Crippen LogP contribution in [0.1, 0.15) is 17.8 Å². The highest BCUT2D eigenvalue weighted by atomic mass is 127. The molecule has 28 heavy (non-hydrogen) atoms. The second-order valence-electron chi connectivity index (χ2n) is 6.13. The van der Waals surface area contributed by atoms with Crippen LogP contribution in [0.2, 0.25) is 0 Å². The smallest absolute Gasteiger partial charge is 0.312 e. The Kier molecular flexibility index (Phi) is 4.91. The van der Waals surface area contributed by atoms with Gasteiger partial charge in [0, 0.05) is 30.0 Å². The van der Waals surface area contributed by atoms with Crippen molar-refractivity contribution in [2.45, 2.75) is 19.4 Å². The molecule has 0 unspecified atom stereocenters. The number of rotatable bonds is 5. The van der Waals surface area contributed by atoms with Crippen molar-refractivity contribution in [3.63, 3.8) is 0 Å². The summed E-state index contributed by atoms with van der Waals surface area (Å²) in [6, 6.07) is 3.78. The molecule has 0 saturated heterocycles. The Morgan fingerprint density at radius 1 is 1.32 bits per heavy atom. The number of carbonyl (C=O) groups excluding carboxylic acids is 1. The van der Waals surface area contributed by atoms with Crippen LogP contribution in [-0.2, 0) is 17.8 Å². The third kappa shape index (κ3) is 3.41. The summed E-state index contributed by atoms with van der Waals surface area (Å²) in [6.45, 7) is 0.466. The summed E-state index contributed by atoms with van der Waals surface area (Å²) in [5, 5.41) is 2.57. The van der Waals surface area contributed by atoms with Crippen molar-refractivity contribution in [1.82, 2.24) is 24.8 Å². The number of nitrogens with one attached hydrogen (secondary N) is 1. The highest BCUT2D eigenvalue weighted by molar-refractivity contribution is 14.1. The number of nitrogens with two attached hydrogens (primary N) is 1. The van der Waals surface area contributed by atoms with Gasteiger partial charge in [-0.15, -0.1) is 0 Å². The van der Waals surface area contributed by atoms with Gasteiger partial charge in [0.15, 0.2) is 28.5 Å². The van der Waals surface area contributed by atoms with Gasteiger partial charge < -0.3 is 25.1 Å². The van der Waals surface area contributed by atoms with Crippen LogP contribution in [0.5, 0.6) is 11.5 Å². The molecular weight excluding hydrogens is 482 g/mol. The normalized spacial score (nSPS) is 12.5. The SMILES string of the molecule is CNC(=O)CCn1c(Cc2cc3c(cc2I)OCO3)nc2c(N)nc(F)nc21. The minimum atomic E-state index is -0.935. The van der Waals surface area contributed by atoms with Crippen molar-refractivity contribution in [2.24, 2.45) is 0 Å². The van der Waals surface area contributed by atoms with Crippen molar-refractivity contribution in [3.8, 4) is 11.5 Å². The maximum Gasteiger partial charge on any atom is 0.312 e. The molecular formula is C17H16FIN6O3. The second-order valence-corrected chi connectivity index (χ2v) is 7.29. The molecule has 0 atom stereocenters. The van der Waals surface area contributed by atoms with Gasteiger partial charge in [-0.25, -0.2) is 4.98 Å². The average molecular weight is 498 g/mol. The maximum absolute atomic E-state index is 13.7. The predicted octanol–water partition coefficient (Wildman–Crippen LogP) is 1.61. The number of benzene rings is 1. The van der Waals surface area contributed by atoms with E-state index in [2.05, 4.69) is 42.9 Å². The van der Waals surface area contributed by atoms with E-state index in [1.54, 1.807) is 11.6 Å². The van der Waals surface area contributed by atoms with E-state index < -0.39 is 6.08 Å². The van der Waals surface area contributed by atoms with Crippen LogP contribution in [0.4, 0.5) is 10.2 Å². The third-order valence-corrected chi connectivity index (χ3v) is 5.41. The first-order chi connectivity index (χ1) is 13.5. The number of ether oxygens (including phenoxy) is 2. The summed E-state index contributed by atoms with van der Waals surface area (Å²) in [5.74, 6) is 1.77. The topological polar surface area (TPSA) is 117 Å². The molecule has 1 aliphatic heterocycles. The van der Waals surface area contributed by atoms with Crippen molar-refractivity contribution in [2.75, 3.05) is 19.6 Å². The van der Waals surface area contributed by atoms with E-state index in [4.69, 9.17) is 15.2 Å². The standard InChI is InChI=1S/C17H16FIN6O3/c1-21-13(26)2-3-25-12(22-14-15(20)23-17(18)24-16(14)25)5-8-4-10-11(6-9(8)19)28-7-27-10/h4,6H,2-3,5,7H2,1H3,(H,21,26)(H2,20,23,24). The monoisotopic (exact) mass is 498 g/mol. The van der Waals surface area contributed by atoms with E-state index >= 15 is 0 Å². The fourth-order valence-corrected chi connectivity index (χ4v) is 3.64. The lowest BCUT2D eigenvalue weighted by molar-refractivity contribution is -0.120. The Morgan fingerprint density at radius 2 is 2.07 bits per heavy atom. The Hall–Kier alpha value is -2.70. The number of anilines is 1. The van der Waals surface area contributed by atoms with Crippen molar-refractivity contribution in [1.29, 1.82) is 0 Å². The average Bonchev–Trinajstić information content (AvgIpc) is 3.24. The second kappa shape index (κ2) is 7.37. The van der Waals surface area contributed by atoms with E-state index in [0.29, 0.717) is 29.3 Å². The lowest BCUT2D eigenvalue weighted by Gasteiger charge is -2.10. The Morgan fingerprint density at radius 3 is 2.82 bits per heavy atom. The van der Waals surface area contributed by atoms with Gasteiger partial charge in [-0.05, 0) is 40.3 Å². The lowest BCUT2D eigenvalue weighted by atomic mass is 10.1. The van der Waals surface area contributed by atoms with Gasteiger partial charge in [0.2, 0.25) is 12.7 Å². The van der Waals surface area contributed by atoms with Gasteiger partial charge in [0.25, 0.3) is 0 Å². The molecule has 2 aromatic heterocycles. The quantitative estimate of drug-likeness (QED) is 0.406. The predicted molar refractivity (Wildman–Crippen MR) is 106 cm³/mol. The highest BCUT2D eigenvalue weighted by Gasteiger charge is 2.21. The summed E-state index contributed by atoms with van der Waals surface area (Å²) in [4.78, 5) is 23.6. The molecule has 0 spiro atoms. The maximum atomic E-state index is 13.7. The summed E-state index contributed by atoms with van der Waals surface area (Å²) >= 11 is 2.21. The Balaban J connectivity index is 1.77. The van der Waals surface area contributed by atoms with Gasteiger partial charge in [-0.3, -0.25) is 4.79 Å². The molecule has 3 aromatic rings. The number of amides is 1. The largest absolute Gasteiger partial charge is 0.454 e. The lowest BCUT2D eigenvalue weighted by Crippen LogP contribution is -2.20. The first-order valence-electron chi connectivity index (χ1n) is 8.43. The van der Waals surface area contributed by atoms with Crippen molar-refractivity contribution in [3.05, 3.63) is 33.2 Å². The Labute approximate surface area is 172 Å². The van der Waals surface area contributed by atoms with E-state index in [1.165, 1.54) is 0 Å². The van der Waals surface area contributed by atoms with E-state index in [0.717, 1.165) is 9.13 Å². The fraction of sp³-hybridized carbons (Fsp3) is 0.294. The number of halogens is 2. The van der Waals surface area contributed by atoms with Gasteiger partial charge in [-0.2, -0.15) is 14.4 Å². The number of aromatic nitrogens is 4. The highest BCUT2D eigenvalue weighted by Crippen LogP contribution is 2.36. The number of nitrogen functional groups attached to an aromatic ring is 1. The summed E-state index contributed by atoms with van der Waals surface area (Å²) in [6.07, 6.45) is -0.325. The zero-order valence-electron chi connectivity index (χ0n) is 14.8. The Bertz CT molecular complexity index is 1090. The van der Waals surface area contributed by atoms with Crippen LogP contribution in [-0.4, -0.2) is 39.3 Å². The van der Waals surface area contributed by atoms with Crippen LogP contribution in [0.15, 0.2) is 12.1 Å². The number of imidazole rings is 1. The molecule has 1 amide bonds. The number of carbonyl (C=O) groups is 1. The zero-order chi connectivity index (χ0) is 19.8. The third-order valence-electron chi connectivity index (χ3n) is 4.40. The zero-order valence-corrected chi connectivity index (χ0v) is 17.0. The van der Waals surface area contributed by atoms with Gasteiger partial charge in [0.1, 0.15) is 5.82 Å². The summed E-state index contributed by atoms with van der Waals surface area (Å²) < 4.78 is 27.3.